The highest BCUT2D eigenvalue weighted by atomic mass is 35.5. The lowest BCUT2D eigenvalue weighted by molar-refractivity contribution is 0.302. The fourth-order valence-electron chi connectivity index (χ4n) is 1.94. The molecule has 0 bridgehead atoms. The van der Waals surface area contributed by atoms with Crippen molar-refractivity contribution in [3.05, 3.63) is 59.4 Å². The van der Waals surface area contributed by atoms with Crippen LogP contribution in [0.15, 0.2) is 42.6 Å². The van der Waals surface area contributed by atoms with Crippen LogP contribution in [0.1, 0.15) is 22.2 Å². The Hall–Kier alpha value is -1.25. The molecule has 0 saturated heterocycles. The van der Waals surface area contributed by atoms with Crippen LogP contribution in [0.5, 0.6) is 5.75 Å². The van der Waals surface area contributed by atoms with Gasteiger partial charge in [-0.2, -0.15) is 0 Å². The van der Waals surface area contributed by atoms with Gasteiger partial charge in [-0.25, -0.2) is 0 Å². The highest BCUT2D eigenvalue weighted by Crippen LogP contribution is 2.38. The molecule has 0 spiro atoms. The monoisotopic (exact) mass is 267 g/mol. The number of aromatic nitrogens is 1. The summed E-state index contributed by atoms with van der Waals surface area (Å²) in [6.07, 6.45) is 1.77. The molecule has 1 atom stereocenters. The van der Waals surface area contributed by atoms with Crippen LogP contribution in [0.3, 0.4) is 0 Å². The standard InChI is InChI=1S/C13H10ClNO.ClH/c14-13-9-5-3-7-15-11(9)8-16-12-6-2-1-4-10(12)13;/h1-7,13H,8H2;1H. The summed E-state index contributed by atoms with van der Waals surface area (Å²) in [4.78, 5) is 4.30. The number of para-hydroxylation sites is 1. The van der Waals surface area contributed by atoms with E-state index in [1.165, 1.54) is 0 Å². The molecule has 0 fully saturated rings. The van der Waals surface area contributed by atoms with Gasteiger partial charge in [-0.05, 0) is 17.7 Å². The lowest BCUT2D eigenvalue weighted by Gasteiger charge is -2.10. The van der Waals surface area contributed by atoms with Crippen molar-refractivity contribution in [3.8, 4) is 5.75 Å². The van der Waals surface area contributed by atoms with Gasteiger partial charge in [-0.3, -0.25) is 4.98 Å². The lowest BCUT2D eigenvalue weighted by atomic mass is 10.0. The van der Waals surface area contributed by atoms with Gasteiger partial charge in [0.25, 0.3) is 0 Å². The molecular formula is C13H11Cl2NO. The van der Waals surface area contributed by atoms with E-state index in [9.17, 15) is 0 Å². The second kappa shape index (κ2) is 4.94. The number of hydrogen-bond donors (Lipinski definition) is 0. The van der Waals surface area contributed by atoms with Gasteiger partial charge in [0.2, 0.25) is 0 Å². The van der Waals surface area contributed by atoms with Gasteiger partial charge in [0.05, 0.1) is 11.1 Å². The molecule has 4 heteroatoms. The van der Waals surface area contributed by atoms with Crippen molar-refractivity contribution in [1.29, 1.82) is 0 Å². The van der Waals surface area contributed by atoms with E-state index < -0.39 is 0 Å². The normalized spacial score (nSPS) is 16.9. The summed E-state index contributed by atoms with van der Waals surface area (Å²) >= 11 is 6.46. The van der Waals surface area contributed by atoms with Crippen LogP contribution in [0.2, 0.25) is 0 Å². The van der Waals surface area contributed by atoms with Gasteiger partial charge < -0.3 is 4.74 Å². The molecule has 1 unspecified atom stereocenters. The van der Waals surface area contributed by atoms with Crippen LogP contribution in [0.25, 0.3) is 0 Å². The number of hydrogen-bond acceptors (Lipinski definition) is 2. The molecule has 0 saturated carbocycles. The maximum atomic E-state index is 6.46. The Bertz CT molecular complexity index is 483. The largest absolute Gasteiger partial charge is 0.487 e. The first-order valence-corrected chi connectivity index (χ1v) is 5.59. The van der Waals surface area contributed by atoms with Crippen LogP contribution >= 0.6 is 24.0 Å². The third-order valence-corrected chi connectivity index (χ3v) is 3.23. The van der Waals surface area contributed by atoms with E-state index in [-0.39, 0.29) is 17.8 Å². The summed E-state index contributed by atoms with van der Waals surface area (Å²) in [5.74, 6) is 0.848. The van der Waals surface area contributed by atoms with Gasteiger partial charge in [0, 0.05) is 11.8 Å². The number of pyridine rings is 1. The molecule has 17 heavy (non-hydrogen) atoms. The topological polar surface area (TPSA) is 22.1 Å². The number of rotatable bonds is 0. The third kappa shape index (κ3) is 2.11. The van der Waals surface area contributed by atoms with Gasteiger partial charge in [-0.1, -0.05) is 24.3 Å². The first-order valence-electron chi connectivity index (χ1n) is 5.16. The predicted octanol–water partition coefficient (Wildman–Crippen LogP) is 3.72. The van der Waals surface area contributed by atoms with Crippen molar-refractivity contribution in [2.75, 3.05) is 0 Å². The average Bonchev–Trinajstić information content (AvgIpc) is 2.49. The van der Waals surface area contributed by atoms with E-state index in [4.69, 9.17) is 16.3 Å². The molecule has 0 aliphatic carbocycles. The zero-order chi connectivity index (χ0) is 11.0. The number of fused-ring (bicyclic) bond motifs is 2. The number of nitrogens with zero attached hydrogens (tertiary/aromatic N) is 1. The van der Waals surface area contributed by atoms with Crippen molar-refractivity contribution in [1.82, 2.24) is 4.98 Å². The quantitative estimate of drug-likeness (QED) is 0.679. The van der Waals surface area contributed by atoms with Crippen molar-refractivity contribution >= 4 is 24.0 Å². The Balaban J connectivity index is 0.00000108. The molecule has 0 amide bonds. The Morgan fingerprint density at radius 2 is 1.88 bits per heavy atom. The molecule has 2 heterocycles. The van der Waals surface area contributed by atoms with Crippen LogP contribution in [0.4, 0.5) is 0 Å². The second-order valence-electron chi connectivity index (χ2n) is 3.73. The van der Waals surface area contributed by atoms with Gasteiger partial charge in [0.1, 0.15) is 12.4 Å². The van der Waals surface area contributed by atoms with Crippen LogP contribution in [0, 0.1) is 0 Å². The van der Waals surface area contributed by atoms with Crippen LogP contribution in [-0.4, -0.2) is 4.98 Å². The predicted molar refractivity (Wildman–Crippen MR) is 70.0 cm³/mol. The first-order chi connectivity index (χ1) is 7.86. The van der Waals surface area contributed by atoms with Crippen molar-refractivity contribution in [2.24, 2.45) is 0 Å². The summed E-state index contributed by atoms with van der Waals surface area (Å²) in [6, 6.07) is 11.8. The number of halogens is 2. The maximum Gasteiger partial charge on any atom is 0.131 e. The smallest absolute Gasteiger partial charge is 0.131 e. The van der Waals surface area contributed by atoms with Crippen molar-refractivity contribution in [3.63, 3.8) is 0 Å². The van der Waals surface area contributed by atoms with E-state index in [2.05, 4.69) is 4.98 Å². The fraction of sp³-hybridized carbons (Fsp3) is 0.154. The minimum atomic E-state index is -0.178. The maximum absolute atomic E-state index is 6.46. The molecule has 0 radical (unpaired) electrons. The number of ether oxygens (including phenoxy) is 1. The van der Waals surface area contributed by atoms with E-state index in [0.29, 0.717) is 6.61 Å². The fourth-order valence-corrected chi connectivity index (χ4v) is 2.32. The molecule has 2 aromatic rings. The van der Waals surface area contributed by atoms with Crippen molar-refractivity contribution < 1.29 is 4.74 Å². The average molecular weight is 268 g/mol. The minimum absolute atomic E-state index is 0. The summed E-state index contributed by atoms with van der Waals surface area (Å²) in [7, 11) is 0. The summed E-state index contributed by atoms with van der Waals surface area (Å²) in [5.41, 5.74) is 2.96. The molecular weight excluding hydrogens is 257 g/mol. The SMILES string of the molecule is Cl.ClC1c2ccccc2OCc2ncccc21. The van der Waals surface area contributed by atoms with Crippen LogP contribution < -0.4 is 4.74 Å². The zero-order valence-corrected chi connectivity index (χ0v) is 10.5. The van der Waals surface area contributed by atoms with Crippen molar-refractivity contribution in [2.45, 2.75) is 12.0 Å². The van der Waals surface area contributed by atoms with Crippen LogP contribution in [-0.2, 0) is 6.61 Å². The molecule has 3 rings (SSSR count). The highest BCUT2D eigenvalue weighted by Gasteiger charge is 2.22. The molecule has 88 valence electrons. The Kier molecular flexibility index (Phi) is 3.55. The van der Waals surface area contributed by atoms with E-state index in [1.807, 2.05) is 36.4 Å². The molecule has 1 aromatic carbocycles. The third-order valence-electron chi connectivity index (χ3n) is 2.75. The summed E-state index contributed by atoms with van der Waals surface area (Å²) in [5, 5.41) is -0.178. The lowest BCUT2D eigenvalue weighted by Crippen LogP contribution is -1.99. The van der Waals surface area contributed by atoms with Gasteiger partial charge >= 0.3 is 0 Å². The van der Waals surface area contributed by atoms with E-state index in [1.54, 1.807) is 6.20 Å². The second-order valence-corrected chi connectivity index (χ2v) is 4.16. The highest BCUT2D eigenvalue weighted by molar-refractivity contribution is 6.23. The summed E-state index contributed by atoms with van der Waals surface area (Å²) in [6.45, 7) is 0.483. The Morgan fingerprint density at radius 3 is 2.76 bits per heavy atom. The Morgan fingerprint density at radius 1 is 1.12 bits per heavy atom. The molecule has 1 aromatic heterocycles. The number of alkyl halides is 1. The molecule has 0 N–H and O–H groups in total. The van der Waals surface area contributed by atoms with Gasteiger partial charge in [0.15, 0.2) is 0 Å². The molecule has 2 nitrogen and oxygen atoms in total. The first kappa shape index (κ1) is 12.2. The molecule has 1 aliphatic heterocycles. The summed E-state index contributed by atoms with van der Waals surface area (Å²) < 4.78 is 5.70. The number of benzene rings is 1. The van der Waals surface area contributed by atoms with E-state index >= 15 is 0 Å². The van der Waals surface area contributed by atoms with Gasteiger partial charge in [-0.15, -0.1) is 24.0 Å². The minimum Gasteiger partial charge on any atom is -0.487 e. The van der Waals surface area contributed by atoms with E-state index in [0.717, 1.165) is 22.6 Å². The Labute approximate surface area is 111 Å². The zero-order valence-electron chi connectivity index (χ0n) is 8.97. The molecule has 1 aliphatic rings.